The molecular formula is C17H16BrNO4. The van der Waals surface area contributed by atoms with E-state index in [4.69, 9.17) is 9.47 Å². The maximum atomic E-state index is 11.8. The number of hydrogen-bond donors (Lipinski definition) is 1. The number of benzene rings is 2. The monoisotopic (exact) mass is 377 g/mol. The van der Waals surface area contributed by atoms with Crippen molar-refractivity contribution in [2.24, 2.45) is 0 Å². The van der Waals surface area contributed by atoms with Gasteiger partial charge in [-0.2, -0.15) is 0 Å². The number of halogens is 1. The molecule has 2 aromatic carbocycles. The highest BCUT2D eigenvalue weighted by Crippen LogP contribution is 2.15. The molecule has 2 rings (SSSR count). The second kappa shape index (κ2) is 8.33. The van der Waals surface area contributed by atoms with Crippen molar-refractivity contribution in [1.29, 1.82) is 0 Å². The number of hydrogen-bond acceptors (Lipinski definition) is 4. The predicted molar refractivity (Wildman–Crippen MR) is 90.3 cm³/mol. The summed E-state index contributed by atoms with van der Waals surface area (Å²) in [6.07, 6.45) is -0.795. The van der Waals surface area contributed by atoms with E-state index in [0.717, 1.165) is 4.47 Å². The fraction of sp³-hybridized carbons (Fsp3) is 0.176. The third-order valence-corrected chi connectivity index (χ3v) is 3.34. The van der Waals surface area contributed by atoms with E-state index >= 15 is 0 Å². The number of para-hydroxylation sites is 1. The molecule has 0 aromatic heterocycles. The Morgan fingerprint density at radius 3 is 2.57 bits per heavy atom. The third kappa shape index (κ3) is 5.75. The lowest BCUT2D eigenvalue weighted by atomic mass is 10.3. The summed E-state index contributed by atoms with van der Waals surface area (Å²) in [4.78, 5) is 23.6. The molecule has 6 heteroatoms. The molecule has 0 heterocycles. The zero-order valence-corrected chi connectivity index (χ0v) is 14.1. The molecule has 0 fully saturated rings. The molecule has 23 heavy (non-hydrogen) atoms. The number of esters is 1. The molecular weight excluding hydrogens is 362 g/mol. The zero-order chi connectivity index (χ0) is 16.7. The molecule has 0 aliphatic heterocycles. The van der Waals surface area contributed by atoms with Gasteiger partial charge < -0.3 is 14.8 Å². The molecule has 120 valence electrons. The van der Waals surface area contributed by atoms with Gasteiger partial charge in [0.1, 0.15) is 5.75 Å². The molecule has 5 nitrogen and oxygen atoms in total. The van der Waals surface area contributed by atoms with E-state index in [0.29, 0.717) is 11.4 Å². The number of amides is 1. The Labute approximate surface area is 142 Å². The van der Waals surface area contributed by atoms with Crippen molar-refractivity contribution in [1.82, 2.24) is 0 Å². The topological polar surface area (TPSA) is 64.6 Å². The van der Waals surface area contributed by atoms with E-state index in [1.165, 1.54) is 0 Å². The Balaban J connectivity index is 1.78. The van der Waals surface area contributed by atoms with Crippen molar-refractivity contribution in [3.63, 3.8) is 0 Å². The second-order valence-corrected chi connectivity index (χ2v) is 5.66. The predicted octanol–water partition coefficient (Wildman–Crippen LogP) is 3.40. The molecule has 0 saturated heterocycles. The molecule has 0 aliphatic carbocycles. The quantitative estimate of drug-likeness (QED) is 0.783. The average molecular weight is 378 g/mol. The van der Waals surface area contributed by atoms with E-state index in [9.17, 15) is 9.59 Å². The highest BCUT2D eigenvalue weighted by Gasteiger charge is 2.17. The molecule has 2 aromatic rings. The summed E-state index contributed by atoms with van der Waals surface area (Å²) >= 11 is 3.31. The van der Waals surface area contributed by atoms with E-state index in [2.05, 4.69) is 21.2 Å². The number of rotatable bonds is 6. The van der Waals surface area contributed by atoms with Gasteiger partial charge in [0.2, 0.25) is 0 Å². The van der Waals surface area contributed by atoms with Crippen molar-refractivity contribution in [3.8, 4) is 5.75 Å². The summed E-state index contributed by atoms with van der Waals surface area (Å²) in [5, 5.41) is 2.64. The van der Waals surface area contributed by atoms with Crippen LogP contribution in [0.25, 0.3) is 0 Å². The fourth-order valence-corrected chi connectivity index (χ4v) is 2.17. The summed E-state index contributed by atoms with van der Waals surface area (Å²) in [5.74, 6) is -0.447. The lowest BCUT2D eigenvalue weighted by Gasteiger charge is -2.13. The van der Waals surface area contributed by atoms with Crippen LogP contribution in [0, 0.1) is 0 Å². The van der Waals surface area contributed by atoms with Crippen LogP contribution >= 0.6 is 15.9 Å². The molecule has 0 unspecified atom stereocenters. The highest BCUT2D eigenvalue weighted by atomic mass is 79.9. The Morgan fingerprint density at radius 2 is 1.87 bits per heavy atom. The van der Waals surface area contributed by atoms with Crippen molar-refractivity contribution in [3.05, 3.63) is 59.1 Å². The van der Waals surface area contributed by atoms with E-state index in [-0.39, 0.29) is 6.61 Å². The van der Waals surface area contributed by atoms with Crippen LogP contribution in [0.3, 0.4) is 0 Å². The Morgan fingerprint density at radius 1 is 1.13 bits per heavy atom. The second-order valence-electron chi connectivity index (χ2n) is 4.74. The SMILES string of the molecule is C[C@H](Oc1ccccc1)C(=O)OCC(=O)Nc1cccc(Br)c1. The summed E-state index contributed by atoms with van der Waals surface area (Å²) in [7, 11) is 0. The first kappa shape index (κ1) is 17.0. The first-order valence-electron chi connectivity index (χ1n) is 6.98. The molecule has 0 aliphatic rings. The first-order valence-corrected chi connectivity index (χ1v) is 7.77. The van der Waals surface area contributed by atoms with Crippen molar-refractivity contribution < 1.29 is 19.1 Å². The molecule has 0 spiro atoms. The van der Waals surface area contributed by atoms with Crippen LogP contribution in [0.4, 0.5) is 5.69 Å². The standard InChI is InChI=1S/C17H16BrNO4/c1-12(23-15-8-3-2-4-9-15)17(21)22-11-16(20)19-14-7-5-6-13(18)10-14/h2-10,12H,11H2,1H3,(H,19,20)/t12-/m0/s1. The molecule has 1 amide bonds. The Kier molecular flexibility index (Phi) is 6.17. The molecule has 0 bridgehead atoms. The number of ether oxygens (including phenoxy) is 2. The minimum Gasteiger partial charge on any atom is -0.479 e. The number of carbonyl (C=O) groups is 2. The lowest BCUT2D eigenvalue weighted by molar-refractivity contribution is -0.153. The van der Waals surface area contributed by atoms with Gasteiger partial charge in [-0.1, -0.05) is 40.2 Å². The highest BCUT2D eigenvalue weighted by molar-refractivity contribution is 9.10. The van der Waals surface area contributed by atoms with Gasteiger partial charge in [0.05, 0.1) is 0 Å². The molecule has 1 atom stereocenters. The van der Waals surface area contributed by atoms with Gasteiger partial charge in [-0.05, 0) is 37.3 Å². The number of anilines is 1. The van der Waals surface area contributed by atoms with E-state index in [1.54, 1.807) is 49.4 Å². The largest absolute Gasteiger partial charge is 0.479 e. The van der Waals surface area contributed by atoms with E-state index in [1.807, 2.05) is 12.1 Å². The minimum absolute atomic E-state index is 0.367. The van der Waals surface area contributed by atoms with Gasteiger partial charge in [0.25, 0.3) is 5.91 Å². The Bertz CT molecular complexity index is 675. The van der Waals surface area contributed by atoms with Crippen molar-refractivity contribution in [2.45, 2.75) is 13.0 Å². The van der Waals surface area contributed by atoms with E-state index < -0.39 is 18.0 Å². The van der Waals surface area contributed by atoms with Gasteiger partial charge >= 0.3 is 5.97 Å². The first-order chi connectivity index (χ1) is 11.0. The summed E-state index contributed by atoms with van der Waals surface area (Å²) in [6.45, 7) is 1.20. The van der Waals surface area contributed by atoms with Crippen LogP contribution < -0.4 is 10.1 Å². The Hall–Kier alpha value is -2.34. The molecule has 0 radical (unpaired) electrons. The average Bonchev–Trinajstić information content (AvgIpc) is 2.53. The van der Waals surface area contributed by atoms with Crippen LogP contribution in [0.5, 0.6) is 5.75 Å². The van der Waals surface area contributed by atoms with Gasteiger partial charge in [-0.25, -0.2) is 4.79 Å². The maximum Gasteiger partial charge on any atom is 0.347 e. The van der Waals surface area contributed by atoms with Crippen LogP contribution in [0.1, 0.15) is 6.92 Å². The van der Waals surface area contributed by atoms with Gasteiger partial charge in [-0.3, -0.25) is 4.79 Å². The van der Waals surface area contributed by atoms with Gasteiger partial charge in [-0.15, -0.1) is 0 Å². The fourth-order valence-electron chi connectivity index (χ4n) is 1.77. The minimum atomic E-state index is -0.795. The van der Waals surface area contributed by atoms with Crippen LogP contribution in [-0.4, -0.2) is 24.6 Å². The molecule has 1 N–H and O–H groups in total. The van der Waals surface area contributed by atoms with Gasteiger partial charge in [0, 0.05) is 10.2 Å². The molecule has 0 saturated carbocycles. The number of nitrogens with one attached hydrogen (secondary N) is 1. The lowest BCUT2D eigenvalue weighted by Crippen LogP contribution is -2.29. The summed E-state index contributed by atoms with van der Waals surface area (Å²) < 4.78 is 11.2. The zero-order valence-electron chi connectivity index (χ0n) is 12.5. The van der Waals surface area contributed by atoms with Crippen molar-refractivity contribution >= 4 is 33.5 Å². The number of carbonyl (C=O) groups excluding carboxylic acids is 2. The summed E-state index contributed by atoms with van der Waals surface area (Å²) in [5.41, 5.74) is 0.619. The normalized spacial score (nSPS) is 11.4. The van der Waals surface area contributed by atoms with Crippen molar-refractivity contribution in [2.75, 3.05) is 11.9 Å². The van der Waals surface area contributed by atoms with Crippen LogP contribution in [0.2, 0.25) is 0 Å². The van der Waals surface area contributed by atoms with Crippen LogP contribution in [0.15, 0.2) is 59.1 Å². The smallest absolute Gasteiger partial charge is 0.347 e. The van der Waals surface area contributed by atoms with Crippen LogP contribution in [-0.2, 0) is 14.3 Å². The van der Waals surface area contributed by atoms with Gasteiger partial charge in [0.15, 0.2) is 12.7 Å². The third-order valence-electron chi connectivity index (χ3n) is 2.84. The summed E-state index contributed by atoms with van der Waals surface area (Å²) in [6, 6.07) is 16.1. The maximum absolute atomic E-state index is 11.8.